The molecule has 0 spiro atoms. The van der Waals surface area contributed by atoms with Gasteiger partial charge in [-0.2, -0.15) is 0 Å². The minimum atomic E-state index is -0.640. The molecule has 0 radical (unpaired) electrons. The van der Waals surface area contributed by atoms with Gasteiger partial charge < -0.3 is 5.11 Å². The second kappa shape index (κ2) is 6.18. The van der Waals surface area contributed by atoms with Gasteiger partial charge in [-0.15, -0.1) is 0 Å². The summed E-state index contributed by atoms with van der Waals surface area (Å²) in [6, 6.07) is 8.96. The lowest BCUT2D eigenvalue weighted by Crippen LogP contribution is -2.40. The number of hydrogen-bond donors (Lipinski definition) is 1. The number of carboxylic acid groups (broad SMARTS) is 1. The maximum atomic E-state index is 11.8. The third kappa shape index (κ3) is 2.98. The third-order valence-electron chi connectivity index (χ3n) is 5.15. The van der Waals surface area contributed by atoms with Gasteiger partial charge in [0.05, 0.1) is 5.41 Å². The molecule has 1 aliphatic rings. The molecule has 0 aliphatic carbocycles. The van der Waals surface area contributed by atoms with Crippen molar-refractivity contribution >= 4 is 5.97 Å². The number of hydrogen-bond acceptors (Lipinski definition) is 2. The van der Waals surface area contributed by atoms with Gasteiger partial charge in [-0.1, -0.05) is 50.6 Å². The van der Waals surface area contributed by atoms with Crippen molar-refractivity contribution in [2.24, 2.45) is 11.3 Å². The molecule has 1 aliphatic heterocycles. The van der Waals surface area contributed by atoms with Crippen LogP contribution < -0.4 is 0 Å². The van der Waals surface area contributed by atoms with Crippen LogP contribution in [0.5, 0.6) is 0 Å². The number of rotatable bonds is 5. The Morgan fingerprint density at radius 1 is 1.33 bits per heavy atom. The van der Waals surface area contributed by atoms with E-state index in [4.69, 9.17) is 0 Å². The fraction of sp³-hybridized carbons (Fsp3) is 0.611. The minimum absolute atomic E-state index is 0.163. The summed E-state index contributed by atoms with van der Waals surface area (Å²) in [5.41, 5.74) is 1.98. The molecular formula is C18H27NO2. The minimum Gasteiger partial charge on any atom is -0.481 e. The maximum Gasteiger partial charge on any atom is 0.311 e. The fourth-order valence-corrected chi connectivity index (χ4v) is 3.52. The molecule has 2 unspecified atom stereocenters. The van der Waals surface area contributed by atoms with Crippen molar-refractivity contribution in [1.29, 1.82) is 0 Å². The van der Waals surface area contributed by atoms with E-state index in [9.17, 15) is 9.90 Å². The molecule has 0 bridgehead atoms. The van der Waals surface area contributed by atoms with Gasteiger partial charge in [0.1, 0.15) is 0 Å². The second-order valence-corrected chi connectivity index (χ2v) is 6.67. The highest BCUT2D eigenvalue weighted by Crippen LogP contribution is 2.42. The lowest BCUT2D eigenvalue weighted by atomic mass is 9.76. The first-order valence-electron chi connectivity index (χ1n) is 7.94. The first-order chi connectivity index (χ1) is 9.90. The van der Waals surface area contributed by atoms with Crippen LogP contribution in [0, 0.1) is 18.3 Å². The Labute approximate surface area is 128 Å². The number of carbonyl (C=O) groups is 1. The van der Waals surface area contributed by atoms with Gasteiger partial charge in [-0.05, 0) is 37.8 Å². The molecule has 2 rings (SSSR count). The van der Waals surface area contributed by atoms with E-state index in [0.29, 0.717) is 12.6 Å². The standard InChI is InChI=1S/C18H27NO2/c1-5-16(15-8-6-14(4)7-9-15)19-11-10-18(12-19,13(2)3)17(20)21/h6-9,13,16H,5,10-12H2,1-4H3,(H,20,21). The van der Waals surface area contributed by atoms with Gasteiger partial charge >= 0.3 is 5.97 Å². The molecule has 1 aromatic rings. The number of nitrogens with zero attached hydrogens (tertiary/aromatic N) is 1. The summed E-state index contributed by atoms with van der Waals surface area (Å²) in [5, 5.41) is 9.69. The van der Waals surface area contributed by atoms with E-state index in [2.05, 4.69) is 43.0 Å². The van der Waals surface area contributed by atoms with Crippen molar-refractivity contribution in [2.75, 3.05) is 13.1 Å². The van der Waals surface area contributed by atoms with Gasteiger partial charge in [-0.3, -0.25) is 9.69 Å². The molecule has 3 nitrogen and oxygen atoms in total. The zero-order chi connectivity index (χ0) is 15.6. The van der Waals surface area contributed by atoms with Crippen LogP contribution in [0.4, 0.5) is 0 Å². The Hall–Kier alpha value is -1.35. The highest BCUT2D eigenvalue weighted by atomic mass is 16.4. The molecule has 2 atom stereocenters. The van der Waals surface area contributed by atoms with Crippen molar-refractivity contribution in [1.82, 2.24) is 4.90 Å². The van der Waals surface area contributed by atoms with Crippen LogP contribution in [0.2, 0.25) is 0 Å². The third-order valence-corrected chi connectivity index (χ3v) is 5.15. The quantitative estimate of drug-likeness (QED) is 0.894. The van der Waals surface area contributed by atoms with Crippen LogP contribution in [0.15, 0.2) is 24.3 Å². The number of carboxylic acids is 1. The lowest BCUT2D eigenvalue weighted by molar-refractivity contribution is -0.151. The Kier molecular flexibility index (Phi) is 4.72. The topological polar surface area (TPSA) is 40.5 Å². The molecule has 0 amide bonds. The van der Waals surface area contributed by atoms with E-state index in [0.717, 1.165) is 19.4 Å². The fourth-order valence-electron chi connectivity index (χ4n) is 3.52. The molecule has 1 aromatic carbocycles. The zero-order valence-corrected chi connectivity index (χ0v) is 13.6. The molecular weight excluding hydrogens is 262 g/mol. The highest BCUT2D eigenvalue weighted by Gasteiger charge is 2.48. The molecule has 0 aromatic heterocycles. The number of benzene rings is 1. The summed E-state index contributed by atoms with van der Waals surface area (Å²) < 4.78 is 0. The Bertz CT molecular complexity index is 494. The number of aliphatic carboxylic acids is 1. The molecule has 0 saturated carbocycles. The molecule has 21 heavy (non-hydrogen) atoms. The van der Waals surface area contributed by atoms with Crippen molar-refractivity contribution in [2.45, 2.75) is 46.6 Å². The average Bonchev–Trinajstić information content (AvgIpc) is 2.88. The van der Waals surface area contributed by atoms with Crippen LogP contribution in [0.3, 0.4) is 0 Å². The predicted octanol–water partition coefficient (Wildman–Crippen LogP) is 3.88. The average molecular weight is 289 g/mol. The molecule has 1 fully saturated rings. The lowest BCUT2D eigenvalue weighted by Gasteiger charge is -2.32. The smallest absolute Gasteiger partial charge is 0.311 e. The van der Waals surface area contributed by atoms with Crippen LogP contribution in [-0.2, 0) is 4.79 Å². The van der Waals surface area contributed by atoms with Gasteiger partial charge in [0.15, 0.2) is 0 Å². The summed E-state index contributed by atoms with van der Waals surface area (Å²) in [6.45, 7) is 9.87. The van der Waals surface area contributed by atoms with E-state index in [1.807, 2.05) is 13.8 Å². The Morgan fingerprint density at radius 2 is 1.95 bits per heavy atom. The number of likely N-dealkylation sites (tertiary alicyclic amines) is 1. The monoisotopic (exact) mass is 289 g/mol. The van der Waals surface area contributed by atoms with Crippen LogP contribution in [0.1, 0.15) is 50.8 Å². The molecule has 1 heterocycles. The summed E-state index contributed by atoms with van der Waals surface area (Å²) in [4.78, 5) is 14.1. The van der Waals surface area contributed by atoms with Gasteiger partial charge in [0.25, 0.3) is 0 Å². The van der Waals surface area contributed by atoms with Crippen LogP contribution in [0.25, 0.3) is 0 Å². The van der Waals surface area contributed by atoms with E-state index < -0.39 is 11.4 Å². The van der Waals surface area contributed by atoms with E-state index >= 15 is 0 Å². The molecule has 1 N–H and O–H groups in total. The van der Waals surface area contributed by atoms with Gasteiger partial charge in [0, 0.05) is 12.6 Å². The maximum absolute atomic E-state index is 11.8. The number of aryl methyl sites for hydroxylation is 1. The van der Waals surface area contributed by atoms with Gasteiger partial charge in [-0.25, -0.2) is 0 Å². The molecule has 1 saturated heterocycles. The predicted molar refractivity (Wildman–Crippen MR) is 85.3 cm³/mol. The summed E-state index contributed by atoms with van der Waals surface area (Å²) in [5.74, 6) is -0.478. The van der Waals surface area contributed by atoms with Crippen LogP contribution in [-0.4, -0.2) is 29.1 Å². The van der Waals surface area contributed by atoms with E-state index in [1.54, 1.807) is 0 Å². The Balaban J connectivity index is 2.22. The first-order valence-corrected chi connectivity index (χ1v) is 7.94. The van der Waals surface area contributed by atoms with Crippen molar-refractivity contribution < 1.29 is 9.90 Å². The van der Waals surface area contributed by atoms with E-state index in [1.165, 1.54) is 11.1 Å². The van der Waals surface area contributed by atoms with Crippen molar-refractivity contribution in [3.63, 3.8) is 0 Å². The second-order valence-electron chi connectivity index (χ2n) is 6.67. The summed E-state index contributed by atoms with van der Waals surface area (Å²) >= 11 is 0. The molecule has 116 valence electrons. The zero-order valence-electron chi connectivity index (χ0n) is 13.6. The van der Waals surface area contributed by atoms with E-state index in [-0.39, 0.29) is 5.92 Å². The van der Waals surface area contributed by atoms with Gasteiger partial charge in [0.2, 0.25) is 0 Å². The first kappa shape index (κ1) is 16.0. The summed E-state index contributed by atoms with van der Waals surface area (Å²) in [6.07, 6.45) is 1.76. The Morgan fingerprint density at radius 3 is 2.38 bits per heavy atom. The molecule has 3 heteroatoms. The normalized spacial score (nSPS) is 24.4. The van der Waals surface area contributed by atoms with Crippen molar-refractivity contribution in [3.8, 4) is 0 Å². The summed E-state index contributed by atoms with van der Waals surface area (Å²) in [7, 11) is 0. The highest BCUT2D eigenvalue weighted by molar-refractivity contribution is 5.75. The van der Waals surface area contributed by atoms with Crippen molar-refractivity contribution in [3.05, 3.63) is 35.4 Å². The largest absolute Gasteiger partial charge is 0.481 e. The SMILES string of the molecule is CCC(c1ccc(C)cc1)N1CCC(C(=O)O)(C(C)C)C1. The van der Waals surface area contributed by atoms with Crippen LogP contribution >= 0.6 is 0 Å².